The number of para-hydroxylation sites is 1. The Morgan fingerprint density at radius 2 is 2.04 bits per heavy atom. The van der Waals surface area contributed by atoms with E-state index in [1.165, 1.54) is 11.1 Å². The molecule has 1 amide bonds. The van der Waals surface area contributed by atoms with Crippen LogP contribution in [0.2, 0.25) is 0 Å². The van der Waals surface area contributed by atoms with Gasteiger partial charge in [0.25, 0.3) is 5.91 Å². The van der Waals surface area contributed by atoms with Crippen molar-refractivity contribution < 1.29 is 4.79 Å². The minimum Gasteiger partial charge on any atom is -0.335 e. The SMILES string of the molecule is CCCN(C(=O)c1cccc2cn[nH]c12)C1CCc2ccccc2C1. The molecule has 2 aromatic carbocycles. The number of aryl methyl sites for hydroxylation is 1. The maximum atomic E-state index is 13.3. The standard InChI is InChI=1S/C21H23N3O/c1-2-12-24(18-11-10-15-6-3-4-7-16(15)13-18)21(25)19-9-5-8-17-14-22-23-20(17)19/h3-9,14,18H,2,10-13H2,1H3,(H,22,23). The number of H-pyrrole nitrogens is 1. The van der Waals surface area contributed by atoms with Gasteiger partial charge in [-0.3, -0.25) is 9.89 Å². The minimum atomic E-state index is 0.112. The van der Waals surface area contributed by atoms with E-state index in [9.17, 15) is 4.79 Å². The first-order valence-corrected chi connectivity index (χ1v) is 9.07. The summed E-state index contributed by atoms with van der Waals surface area (Å²) in [7, 11) is 0. The fourth-order valence-corrected chi connectivity index (χ4v) is 3.94. The number of amides is 1. The Kier molecular flexibility index (Phi) is 4.26. The van der Waals surface area contributed by atoms with E-state index in [0.29, 0.717) is 0 Å². The van der Waals surface area contributed by atoms with Gasteiger partial charge in [-0.05, 0) is 42.9 Å². The van der Waals surface area contributed by atoms with Crippen molar-refractivity contribution in [2.45, 2.75) is 38.6 Å². The van der Waals surface area contributed by atoms with E-state index in [1.807, 2.05) is 18.2 Å². The second-order valence-electron chi connectivity index (χ2n) is 6.80. The Morgan fingerprint density at radius 1 is 1.20 bits per heavy atom. The number of nitrogens with one attached hydrogen (secondary N) is 1. The smallest absolute Gasteiger partial charge is 0.256 e. The fraction of sp³-hybridized carbons (Fsp3) is 0.333. The van der Waals surface area contributed by atoms with Crippen LogP contribution in [-0.4, -0.2) is 33.6 Å². The van der Waals surface area contributed by atoms with Crippen LogP contribution in [0, 0.1) is 0 Å². The van der Waals surface area contributed by atoms with Gasteiger partial charge in [0.1, 0.15) is 0 Å². The molecule has 1 aliphatic carbocycles. The fourth-order valence-electron chi connectivity index (χ4n) is 3.94. The zero-order valence-corrected chi connectivity index (χ0v) is 14.5. The van der Waals surface area contributed by atoms with Crippen molar-refractivity contribution in [2.24, 2.45) is 0 Å². The molecule has 1 aliphatic rings. The molecule has 0 spiro atoms. The van der Waals surface area contributed by atoms with E-state index < -0.39 is 0 Å². The zero-order chi connectivity index (χ0) is 17.2. The summed E-state index contributed by atoms with van der Waals surface area (Å²) in [5.74, 6) is 0.112. The quantitative estimate of drug-likeness (QED) is 0.785. The number of nitrogens with zero attached hydrogens (tertiary/aromatic N) is 2. The molecule has 3 aromatic rings. The molecule has 0 saturated heterocycles. The molecule has 128 valence electrons. The Bertz CT molecular complexity index is 899. The predicted octanol–water partition coefficient (Wildman–Crippen LogP) is 3.97. The van der Waals surface area contributed by atoms with Gasteiger partial charge in [-0.1, -0.05) is 43.3 Å². The average molecular weight is 333 g/mol. The largest absolute Gasteiger partial charge is 0.335 e. The third kappa shape index (κ3) is 2.93. The Hall–Kier alpha value is -2.62. The van der Waals surface area contributed by atoms with E-state index in [-0.39, 0.29) is 11.9 Å². The molecule has 0 saturated carbocycles. The number of fused-ring (bicyclic) bond motifs is 2. The van der Waals surface area contributed by atoms with Crippen LogP contribution in [0.1, 0.15) is 41.3 Å². The van der Waals surface area contributed by atoms with E-state index in [0.717, 1.165) is 48.7 Å². The van der Waals surface area contributed by atoms with Gasteiger partial charge in [0.15, 0.2) is 0 Å². The van der Waals surface area contributed by atoms with E-state index in [4.69, 9.17) is 0 Å². The van der Waals surface area contributed by atoms with Crippen molar-refractivity contribution in [1.82, 2.24) is 15.1 Å². The molecule has 4 rings (SSSR count). The van der Waals surface area contributed by atoms with Crippen molar-refractivity contribution in [3.05, 3.63) is 65.4 Å². The average Bonchev–Trinajstić information content (AvgIpc) is 3.14. The molecule has 0 radical (unpaired) electrons. The number of aromatic nitrogens is 2. The summed E-state index contributed by atoms with van der Waals surface area (Å²) in [5.41, 5.74) is 4.37. The molecule has 1 unspecified atom stereocenters. The van der Waals surface area contributed by atoms with Crippen LogP contribution < -0.4 is 0 Å². The predicted molar refractivity (Wildman–Crippen MR) is 99.7 cm³/mol. The van der Waals surface area contributed by atoms with Crippen molar-refractivity contribution in [3.8, 4) is 0 Å². The monoisotopic (exact) mass is 333 g/mol. The maximum Gasteiger partial charge on any atom is 0.256 e. The van der Waals surface area contributed by atoms with Gasteiger partial charge in [-0.15, -0.1) is 0 Å². The number of carbonyl (C=O) groups excluding carboxylic acids is 1. The molecular weight excluding hydrogens is 310 g/mol. The van der Waals surface area contributed by atoms with Crippen LogP contribution in [0.25, 0.3) is 10.9 Å². The van der Waals surface area contributed by atoms with Crippen LogP contribution in [0.15, 0.2) is 48.7 Å². The summed E-state index contributed by atoms with van der Waals surface area (Å²) in [5, 5.41) is 8.07. The highest BCUT2D eigenvalue weighted by atomic mass is 16.2. The molecule has 25 heavy (non-hydrogen) atoms. The summed E-state index contributed by atoms with van der Waals surface area (Å²) >= 11 is 0. The van der Waals surface area contributed by atoms with Crippen LogP contribution in [0.3, 0.4) is 0 Å². The maximum absolute atomic E-state index is 13.3. The second kappa shape index (κ2) is 6.71. The van der Waals surface area contributed by atoms with Gasteiger partial charge in [0.2, 0.25) is 0 Å². The van der Waals surface area contributed by atoms with Gasteiger partial charge < -0.3 is 4.90 Å². The van der Waals surface area contributed by atoms with Gasteiger partial charge in [0.05, 0.1) is 17.3 Å². The minimum absolute atomic E-state index is 0.112. The summed E-state index contributed by atoms with van der Waals surface area (Å²) in [4.78, 5) is 15.4. The third-order valence-corrected chi connectivity index (χ3v) is 5.19. The molecular formula is C21H23N3O. The van der Waals surface area contributed by atoms with E-state index >= 15 is 0 Å². The summed E-state index contributed by atoms with van der Waals surface area (Å²) < 4.78 is 0. The molecule has 1 heterocycles. The summed E-state index contributed by atoms with van der Waals surface area (Å²) in [6, 6.07) is 14.7. The molecule has 1 atom stereocenters. The topological polar surface area (TPSA) is 49.0 Å². The molecule has 0 aliphatic heterocycles. The number of rotatable bonds is 4. The molecule has 0 fully saturated rings. The normalized spacial score (nSPS) is 16.6. The summed E-state index contributed by atoms with van der Waals surface area (Å²) in [6.45, 7) is 2.92. The molecule has 0 bridgehead atoms. The van der Waals surface area contributed by atoms with Crippen molar-refractivity contribution in [3.63, 3.8) is 0 Å². The third-order valence-electron chi connectivity index (χ3n) is 5.19. The number of benzene rings is 2. The highest BCUT2D eigenvalue weighted by Crippen LogP contribution is 2.27. The van der Waals surface area contributed by atoms with Gasteiger partial charge >= 0.3 is 0 Å². The molecule has 4 heteroatoms. The van der Waals surface area contributed by atoms with Gasteiger partial charge in [-0.25, -0.2) is 0 Å². The first-order chi connectivity index (χ1) is 12.3. The van der Waals surface area contributed by atoms with Crippen LogP contribution in [-0.2, 0) is 12.8 Å². The number of carbonyl (C=O) groups is 1. The Balaban J connectivity index is 1.65. The highest BCUT2D eigenvalue weighted by molar-refractivity contribution is 6.05. The zero-order valence-electron chi connectivity index (χ0n) is 14.5. The Labute approximate surface area is 147 Å². The lowest BCUT2D eigenvalue weighted by molar-refractivity contribution is 0.0663. The van der Waals surface area contributed by atoms with Crippen LogP contribution >= 0.6 is 0 Å². The first-order valence-electron chi connectivity index (χ1n) is 9.07. The van der Waals surface area contributed by atoms with Crippen molar-refractivity contribution >= 4 is 16.8 Å². The lowest BCUT2D eigenvalue weighted by Gasteiger charge is -2.35. The number of hydrogen-bond acceptors (Lipinski definition) is 2. The van der Waals surface area contributed by atoms with Crippen LogP contribution in [0.5, 0.6) is 0 Å². The molecule has 1 N–H and O–H groups in total. The van der Waals surface area contributed by atoms with Crippen molar-refractivity contribution in [1.29, 1.82) is 0 Å². The van der Waals surface area contributed by atoms with Crippen LogP contribution in [0.4, 0.5) is 0 Å². The number of hydrogen-bond donors (Lipinski definition) is 1. The first kappa shape index (κ1) is 15.9. The van der Waals surface area contributed by atoms with Gasteiger partial charge in [-0.2, -0.15) is 5.10 Å². The van der Waals surface area contributed by atoms with Gasteiger partial charge in [0, 0.05) is 18.0 Å². The highest BCUT2D eigenvalue weighted by Gasteiger charge is 2.28. The molecule has 1 aromatic heterocycles. The lowest BCUT2D eigenvalue weighted by atomic mass is 9.87. The second-order valence-corrected chi connectivity index (χ2v) is 6.80. The lowest BCUT2D eigenvalue weighted by Crippen LogP contribution is -2.44. The van der Waals surface area contributed by atoms with E-state index in [2.05, 4.69) is 46.3 Å². The van der Waals surface area contributed by atoms with Crippen molar-refractivity contribution in [2.75, 3.05) is 6.54 Å². The Morgan fingerprint density at radius 3 is 2.88 bits per heavy atom. The summed E-state index contributed by atoms with van der Waals surface area (Å²) in [6.07, 6.45) is 5.75. The number of aromatic amines is 1. The van der Waals surface area contributed by atoms with E-state index in [1.54, 1.807) is 6.20 Å². The molecule has 4 nitrogen and oxygen atoms in total.